The van der Waals surface area contributed by atoms with E-state index in [-0.39, 0.29) is 17.9 Å². The molecule has 1 saturated carbocycles. The maximum atomic E-state index is 11.4. The first-order chi connectivity index (χ1) is 6.19. The van der Waals surface area contributed by atoms with Gasteiger partial charge in [-0.15, -0.1) is 0 Å². The number of nitrogens with zero attached hydrogens (tertiary/aromatic N) is 4. The van der Waals surface area contributed by atoms with Gasteiger partial charge in [0.15, 0.2) is 0 Å². The highest BCUT2D eigenvalue weighted by atomic mass is 16.7. The Hall–Kier alpha value is -1.26. The lowest BCUT2D eigenvalue weighted by Gasteiger charge is -2.32. The van der Waals surface area contributed by atoms with Crippen LogP contribution in [0.5, 0.6) is 0 Å². The number of carbonyl (C=O) groups excluding carboxylic acids is 1. The van der Waals surface area contributed by atoms with Crippen LogP contribution in [-0.2, 0) is 9.63 Å². The van der Waals surface area contributed by atoms with Gasteiger partial charge >= 0.3 is 0 Å². The highest BCUT2D eigenvalue weighted by molar-refractivity contribution is 5.78. The fraction of sp³-hybridized carbons (Fsp3) is 0.857. The Morgan fingerprint density at radius 2 is 2.31 bits per heavy atom. The van der Waals surface area contributed by atoms with Crippen molar-refractivity contribution in [2.24, 2.45) is 11.0 Å². The summed E-state index contributed by atoms with van der Waals surface area (Å²) in [4.78, 5) is 18.8. The van der Waals surface area contributed by atoms with E-state index < -0.39 is 0 Å². The summed E-state index contributed by atoms with van der Waals surface area (Å²) in [6.45, 7) is 0. The van der Waals surface area contributed by atoms with Gasteiger partial charge in [-0.2, -0.15) is 0 Å². The zero-order valence-corrected chi connectivity index (χ0v) is 7.67. The number of hydrogen-bond donors (Lipinski definition) is 0. The van der Waals surface area contributed by atoms with E-state index in [0.29, 0.717) is 12.8 Å². The largest absolute Gasteiger partial charge is 0.275 e. The van der Waals surface area contributed by atoms with E-state index in [0.717, 1.165) is 0 Å². The van der Waals surface area contributed by atoms with Crippen molar-refractivity contribution in [1.82, 2.24) is 5.06 Å². The van der Waals surface area contributed by atoms with Crippen LogP contribution in [0.25, 0.3) is 10.4 Å². The Balaban J connectivity index is 2.34. The number of hydrogen-bond acceptors (Lipinski definition) is 3. The van der Waals surface area contributed by atoms with Crippen LogP contribution in [0.4, 0.5) is 0 Å². The lowest BCUT2D eigenvalue weighted by molar-refractivity contribution is -0.176. The van der Waals surface area contributed by atoms with Gasteiger partial charge in [-0.3, -0.25) is 9.63 Å². The molecule has 0 atom stereocenters. The molecule has 0 saturated heterocycles. The maximum absolute atomic E-state index is 11.4. The van der Waals surface area contributed by atoms with E-state index in [1.807, 2.05) is 0 Å². The molecule has 1 fully saturated rings. The van der Waals surface area contributed by atoms with E-state index in [4.69, 9.17) is 10.4 Å². The van der Waals surface area contributed by atoms with Crippen molar-refractivity contribution in [3.8, 4) is 0 Å². The first-order valence-corrected chi connectivity index (χ1v) is 4.05. The van der Waals surface area contributed by atoms with Crippen LogP contribution in [0.15, 0.2) is 5.11 Å². The van der Waals surface area contributed by atoms with Crippen molar-refractivity contribution in [2.75, 3.05) is 14.2 Å². The minimum atomic E-state index is -0.0492. The van der Waals surface area contributed by atoms with Crippen LogP contribution in [0.1, 0.15) is 12.8 Å². The summed E-state index contributed by atoms with van der Waals surface area (Å²) in [6.07, 6.45) is 1.27. The molecule has 6 nitrogen and oxygen atoms in total. The van der Waals surface area contributed by atoms with Gasteiger partial charge in [0.2, 0.25) is 5.91 Å². The zero-order valence-electron chi connectivity index (χ0n) is 7.67. The van der Waals surface area contributed by atoms with Crippen LogP contribution in [0.3, 0.4) is 0 Å². The lowest BCUT2D eigenvalue weighted by Crippen LogP contribution is -2.40. The molecule has 0 aromatic carbocycles. The molecular weight excluding hydrogens is 172 g/mol. The topological polar surface area (TPSA) is 78.3 Å². The van der Waals surface area contributed by atoms with Gasteiger partial charge in [0.25, 0.3) is 0 Å². The zero-order chi connectivity index (χ0) is 9.84. The predicted octanol–water partition coefficient (Wildman–Crippen LogP) is 1.10. The fourth-order valence-corrected chi connectivity index (χ4v) is 1.30. The SMILES string of the molecule is CON(C)C(=O)C1CC(N=[N+]=[N-])C1. The van der Waals surface area contributed by atoms with Crippen LogP contribution in [-0.4, -0.2) is 31.2 Å². The summed E-state index contributed by atoms with van der Waals surface area (Å²) < 4.78 is 0. The molecule has 0 N–H and O–H groups in total. The molecule has 0 heterocycles. The van der Waals surface area contributed by atoms with Crippen molar-refractivity contribution in [2.45, 2.75) is 18.9 Å². The lowest BCUT2D eigenvalue weighted by atomic mass is 9.80. The van der Waals surface area contributed by atoms with Crippen LogP contribution in [0.2, 0.25) is 0 Å². The molecule has 1 aliphatic carbocycles. The number of amides is 1. The molecule has 0 aromatic rings. The first kappa shape index (κ1) is 9.83. The number of hydroxylamine groups is 2. The van der Waals surface area contributed by atoms with Gasteiger partial charge in [-0.05, 0) is 18.4 Å². The summed E-state index contributed by atoms with van der Waals surface area (Å²) in [5, 5.41) is 4.72. The monoisotopic (exact) mass is 184 g/mol. The normalized spacial score (nSPS) is 25.7. The molecule has 72 valence electrons. The minimum Gasteiger partial charge on any atom is -0.275 e. The van der Waals surface area contributed by atoms with Crippen molar-refractivity contribution in [3.05, 3.63) is 10.4 Å². The third kappa shape index (κ3) is 2.11. The molecule has 0 radical (unpaired) electrons. The molecule has 0 spiro atoms. The fourth-order valence-electron chi connectivity index (χ4n) is 1.30. The van der Waals surface area contributed by atoms with Crippen LogP contribution >= 0.6 is 0 Å². The standard InChI is InChI=1S/C7H12N4O2/c1-11(13-2)7(12)5-3-6(4-5)9-10-8/h5-6H,3-4H2,1-2H3. The molecule has 0 unspecified atom stereocenters. The third-order valence-electron chi connectivity index (χ3n) is 2.26. The molecule has 0 aliphatic heterocycles. The number of carbonyl (C=O) groups is 1. The number of azide groups is 1. The average Bonchev–Trinajstić information content (AvgIpc) is 2.08. The molecule has 13 heavy (non-hydrogen) atoms. The Morgan fingerprint density at radius 3 is 2.77 bits per heavy atom. The van der Waals surface area contributed by atoms with Gasteiger partial charge in [-0.25, -0.2) is 5.06 Å². The second-order valence-electron chi connectivity index (χ2n) is 3.05. The van der Waals surface area contributed by atoms with Crippen molar-refractivity contribution in [1.29, 1.82) is 0 Å². The molecule has 0 aromatic heterocycles. The van der Waals surface area contributed by atoms with Gasteiger partial charge in [0, 0.05) is 23.9 Å². The van der Waals surface area contributed by atoms with E-state index >= 15 is 0 Å². The van der Waals surface area contributed by atoms with Gasteiger partial charge in [-0.1, -0.05) is 5.11 Å². The molecule has 0 bridgehead atoms. The Bertz CT molecular complexity index is 243. The second kappa shape index (κ2) is 4.11. The van der Waals surface area contributed by atoms with Crippen molar-refractivity contribution < 1.29 is 9.63 Å². The Labute approximate surface area is 76.0 Å². The van der Waals surface area contributed by atoms with E-state index in [1.54, 1.807) is 7.05 Å². The molecule has 1 amide bonds. The summed E-state index contributed by atoms with van der Waals surface area (Å²) in [6, 6.07) is -0.00999. The Morgan fingerprint density at radius 1 is 1.69 bits per heavy atom. The Kier molecular flexibility index (Phi) is 3.11. The second-order valence-corrected chi connectivity index (χ2v) is 3.05. The van der Waals surface area contributed by atoms with E-state index in [2.05, 4.69) is 10.0 Å². The van der Waals surface area contributed by atoms with Gasteiger partial charge < -0.3 is 0 Å². The number of rotatable bonds is 3. The van der Waals surface area contributed by atoms with Crippen LogP contribution in [0, 0.1) is 5.92 Å². The average molecular weight is 184 g/mol. The quantitative estimate of drug-likeness (QED) is 0.285. The summed E-state index contributed by atoms with van der Waals surface area (Å²) in [5.41, 5.74) is 8.12. The van der Waals surface area contributed by atoms with Gasteiger partial charge in [0.1, 0.15) is 0 Å². The van der Waals surface area contributed by atoms with Gasteiger partial charge in [0.05, 0.1) is 7.11 Å². The minimum absolute atomic E-state index is 0.00999. The van der Waals surface area contributed by atoms with Crippen LogP contribution < -0.4 is 0 Å². The van der Waals surface area contributed by atoms with E-state index in [9.17, 15) is 4.79 Å². The molecule has 6 heteroatoms. The molecule has 1 aliphatic rings. The smallest absolute Gasteiger partial charge is 0.248 e. The highest BCUT2D eigenvalue weighted by Gasteiger charge is 2.35. The van der Waals surface area contributed by atoms with Crippen molar-refractivity contribution in [3.63, 3.8) is 0 Å². The predicted molar refractivity (Wildman–Crippen MR) is 45.4 cm³/mol. The molecular formula is C7H12N4O2. The highest BCUT2D eigenvalue weighted by Crippen LogP contribution is 2.31. The summed E-state index contributed by atoms with van der Waals surface area (Å²) in [7, 11) is 3.02. The van der Waals surface area contributed by atoms with E-state index in [1.165, 1.54) is 12.2 Å². The first-order valence-electron chi connectivity index (χ1n) is 4.05. The van der Waals surface area contributed by atoms with Crippen molar-refractivity contribution >= 4 is 5.91 Å². The third-order valence-corrected chi connectivity index (χ3v) is 2.26. The summed E-state index contributed by atoms with van der Waals surface area (Å²) >= 11 is 0. The molecule has 1 rings (SSSR count). The summed E-state index contributed by atoms with van der Waals surface area (Å²) in [5.74, 6) is -0.0904. The maximum Gasteiger partial charge on any atom is 0.248 e.